The normalized spacial score (nSPS) is 21.0. The lowest BCUT2D eigenvalue weighted by Gasteiger charge is -2.29. The molecule has 1 N–H and O–H groups in total. The van der Waals surface area contributed by atoms with E-state index in [1.807, 2.05) is 18.2 Å². The first-order valence-corrected chi connectivity index (χ1v) is 6.69. The van der Waals surface area contributed by atoms with Crippen molar-refractivity contribution < 1.29 is 5.11 Å². The van der Waals surface area contributed by atoms with Crippen molar-refractivity contribution in [3.05, 3.63) is 34.9 Å². The van der Waals surface area contributed by atoms with Gasteiger partial charge >= 0.3 is 5.69 Å². The molecule has 1 aliphatic heterocycles. The maximum Gasteiger partial charge on any atom is 0.350 e. The molecule has 1 fully saturated rings. The van der Waals surface area contributed by atoms with E-state index in [9.17, 15) is 9.90 Å². The molecule has 0 saturated carbocycles. The number of nitrogens with zero attached hydrogens (tertiary/aromatic N) is 4. The van der Waals surface area contributed by atoms with Crippen LogP contribution in [0.3, 0.4) is 0 Å². The zero-order valence-electron chi connectivity index (χ0n) is 10.8. The van der Waals surface area contributed by atoms with Crippen LogP contribution < -0.4 is 5.69 Å². The average Bonchev–Trinajstić information content (AvgIpc) is 2.74. The number of piperidine rings is 1. The molecule has 1 saturated heterocycles. The Bertz CT molecular complexity index is 618. The molecule has 0 bridgehead atoms. The van der Waals surface area contributed by atoms with Gasteiger partial charge in [-0.1, -0.05) is 6.07 Å². The molecule has 0 spiro atoms. The van der Waals surface area contributed by atoms with Crippen molar-refractivity contribution in [2.75, 3.05) is 19.6 Å². The number of aliphatic hydroxyl groups excluding tert-OH is 1. The highest BCUT2D eigenvalue weighted by Gasteiger charge is 2.17. The molecule has 0 aromatic carbocycles. The SMILES string of the molecule is O=c1n(CCN2CCCC(O)C2)nc2ccccn12. The minimum Gasteiger partial charge on any atom is -0.392 e. The van der Waals surface area contributed by atoms with Gasteiger partial charge in [0.25, 0.3) is 0 Å². The van der Waals surface area contributed by atoms with Gasteiger partial charge in [-0.2, -0.15) is 0 Å². The molecule has 1 aliphatic rings. The third-order valence-electron chi connectivity index (χ3n) is 3.60. The highest BCUT2D eigenvalue weighted by atomic mass is 16.3. The summed E-state index contributed by atoms with van der Waals surface area (Å²) in [5.74, 6) is 0. The zero-order chi connectivity index (χ0) is 13.2. The molecule has 0 amide bonds. The second-order valence-corrected chi connectivity index (χ2v) is 5.03. The van der Waals surface area contributed by atoms with E-state index in [2.05, 4.69) is 10.00 Å². The molecule has 0 aliphatic carbocycles. The van der Waals surface area contributed by atoms with Crippen LogP contribution in [0, 0.1) is 0 Å². The third kappa shape index (κ3) is 2.54. The average molecular weight is 262 g/mol. The lowest BCUT2D eigenvalue weighted by Crippen LogP contribution is -2.40. The van der Waals surface area contributed by atoms with Crippen LogP contribution in [0.25, 0.3) is 5.65 Å². The van der Waals surface area contributed by atoms with E-state index in [0.29, 0.717) is 18.7 Å². The summed E-state index contributed by atoms with van der Waals surface area (Å²) < 4.78 is 3.04. The second kappa shape index (κ2) is 5.14. The first-order chi connectivity index (χ1) is 9.24. The zero-order valence-corrected chi connectivity index (χ0v) is 10.8. The van der Waals surface area contributed by atoms with Gasteiger partial charge in [-0.05, 0) is 31.5 Å². The van der Waals surface area contributed by atoms with Crippen molar-refractivity contribution in [3.8, 4) is 0 Å². The van der Waals surface area contributed by atoms with Crippen LogP contribution in [0.4, 0.5) is 0 Å². The topological polar surface area (TPSA) is 62.8 Å². The Morgan fingerprint density at radius 1 is 1.37 bits per heavy atom. The number of aromatic nitrogens is 3. The number of hydrogen-bond acceptors (Lipinski definition) is 4. The number of rotatable bonds is 3. The van der Waals surface area contributed by atoms with E-state index in [4.69, 9.17) is 0 Å². The predicted octanol–water partition coefficient (Wildman–Crippen LogP) is -0.0473. The number of fused-ring (bicyclic) bond motifs is 1. The van der Waals surface area contributed by atoms with Crippen molar-refractivity contribution in [1.82, 2.24) is 19.1 Å². The summed E-state index contributed by atoms with van der Waals surface area (Å²) in [4.78, 5) is 14.2. The lowest BCUT2D eigenvalue weighted by molar-refractivity contribution is 0.0682. The Hall–Kier alpha value is -1.66. The highest BCUT2D eigenvalue weighted by Crippen LogP contribution is 2.09. The molecule has 102 valence electrons. The molecule has 3 heterocycles. The van der Waals surface area contributed by atoms with Gasteiger partial charge in [-0.25, -0.2) is 9.48 Å². The van der Waals surface area contributed by atoms with Crippen LogP contribution in [-0.2, 0) is 6.54 Å². The van der Waals surface area contributed by atoms with Gasteiger partial charge < -0.3 is 5.11 Å². The Kier molecular flexibility index (Phi) is 3.35. The van der Waals surface area contributed by atoms with Crippen molar-refractivity contribution >= 4 is 5.65 Å². The van der Waals surface area contributed by atoms with Crippen LogP contribution in [0.5, 0.6) is 0 Å². The third-order valence-corrected chi connectivity index (χ3v) is 3.60. The van der Waals surface area contributed by atoms with Gasteiger partial charge in [0.1, 0.15) is 0 Å². The van der Waals surface area contributed by atoms with Crippen molar-refractivity contribution in [1.29, 1.82) is 0 Å². The van der Waals surface area contributed by atoms with E-state index in [1.165, 1.54) is 4.68 Å². The summed E-state index contributed by atoms with van der Waals surface area (Å²) in [5, 5.41) is 13.9. The number of β-amino-alcohol motifs (C(OH)–C–C–N with tert-alkyl or cyclic N) is 1. The van der Waals surface area contributed by atoms with E-state index in [-0.39, 0.29) is 11.8 Å². The quantitative estimate of drug-likeness (QED) is 0.842. The first-order valence-electron chi connectivity index (χ1n) is 6.69. The van der Waals surface area contributed by atoms with Gasteiger partial charge in [0.05, 0.1) is 12.6 Å². The fourth-order valence-corrected chi connectivity index (χ4v) is 2.58. The Balaban J connectivity index is 1.71. The lowest BCUT2D eigenvalue weighted by atomic mass is 10.1. The number of aliphatic hydroxyl groups is 1. The van der Waals surface area contributed by atoms with Crippen LogP contribution in [0.15, 0.2) is 29.2 Å². The molecular formula is C13H18N4O2. The van der Waals surface area contributed by atoms with Crippen LogP contribution in [0.1, 0.15) is 12.8 Å². The fraction of sp³-hybridized carbons (Fsp3) is 0.538. The van der Waals surface area contributed by atoms with E-state index in [0.717, 1.165) is 25.9 Å². The molecule has 2 aromatic heterocycles. The van der Waals surface area contributed by atoms with Crippen molar-refractivity contribution in [2.24, 2.45) is 0 Å². The van der Waals surface area contributed by atoms with E-state index in [1.54, 1.807) is 10.6 Å². The first kappa shape index (κ1) is 12.4. The van der Waals surface area contributed by atoms with Crippen molar-refractivity contribution in [3.63, 3.8) is 0 Å². The smallest absolute Gasteiger partial charge is 0.350 e. The maximum absolute atomic E-state index is 12.1. The van der Waals surface area contributed by atoms with Crippen LogP contribution in [-0.4, -0.2) is 49.9 Å². The number of pyridine rings is 1. The number of likely N-dealkylation sites (tertiary alicyclic amines) is 1. The summed E-state index contributed by atoms with van der Waals surface area (Å²) in [6.07, 6.45) is 3.39. The molecular weight excluding hydrogens is 244 g/mol. The molecule has 6 nitrogen and oxygen atoms in total. The van der Waals surface area contributed by atoms with Gasteiger partial charge in [0.2, 0.25) is 0 Å². The Morgan fingerprint density at radius 3 is 3.05 bits per heavy atom. The largest absolute Gasteiger partial charge is 0.392 e. The summed E-state index contributed by atoms with van der Waals surface area (Å²) in [6.45, 7) is 3.00. The fourth-order valence-electron chi connectivity index (χ4n) is 2.58. The minimum absolute atomic E-state index is 0.104. The van der Waals surface area contributed by atoms with Crippen molar-refractivity contribution in [2.45, 2.75) is 25.5 Å². The van der Waals surface area contributed by atoms with Gasteiger partial charge in [0, 0.05) is 19.3 Å². The summed E-state index contributed by atoms with van der Waals surface area (Å²) in [6, 6.07) is 5.51. The van der Waals surface area contributed by atoms with Gasteiger partial charge in [-0.15, -0.1) is 5.10 Å². The monoisotopic (exact) mass is 262 g/mol. The molecule has 0 radical (unpaired) electrons. The standard InChI is InChI=1S/C13H18N4O2/c18-11-4-3-6-15(10-11)8-9-17-13(19)16-7-2-1-5-12(16)14-17/h1-2,5,7,11,18H,3-4,6,8-10H2. The minimum atomic E-state index is -0.230. The molecule has 3 rings (SSSR count). The molecule has 1 atom stereocenters. The highest BCUT2D eigenvalue weighted by molar-refractivity contribution is 5.35. The second-order valence-electron chi connectivity index (χ2n) is 5.03. The van der Waals surface area contributed by atoms with E-state index < -0.39 is 0 Å². The molecule has 19 heavy (non-hydrogen) atoms. The summed E-state index contributed by atoms with van der Waals surface area (Å²) in [5.41, 5.74) is 0.569. The Labute approximate surface area is 110 Å². The molecule has 1 unspecified atom stereocenters. The summed E-state index contributed by atoms with van der Waals surface area (Å²) in [7, 11) is 0. The predicted molar refractivity (Wildman–Crippen MR) is 71.1 cm³/mol. The number of hydrogen-bond donors (Lipinski definition) is 1. The molecule has 2 aromatic rings. The van der Waals surface area contributed by atoms with Gasteiger partial charge in [0.15, 0.2) is 5.65 Å². The van der Waals surface area contributed by atoms with Crippen LogP contribution in [0.2, 0.25) is 0 Å². The van der Waals surface area contributed by atoms with Gasteiger partial charge in [-0.3, -0.25) is 9.30 Å². The summed E-state index contributed by atoms with van der Waals surface area (Å²) >= 11 is 0. The molecule has 6 heteroatoms. The maximum atomic E-state index is 12.1. The van der Waals surface area contributed by atoms with Crippen LogP contribution >= 0.6 is 0 Å². The Morgan fingerprint density at radius 2 is 2.26 bits per heavy atom. The van der Waals surface area contributed by atoms with E-state index >= 15 is 0 Å².